The van der Waals surface area contributed by atoms with Crippen LogP contribution in [0.5, 0.6) is 5.75 Å². The first-order chi connectivity index (χ1) is 10.9. The number of hydrogen-bond acceptors (Lipinski definition) is 3. The molecule has 0 atom stereocenters. The van der Waals surface area contributed by atoms with Gasteiger partial charge in [-0.05, 0) is 36.4 Å². The van der Waals surface area contributed by atoms with E-state index in [9.17, 15) is 4.39 Å². The zero-order chi connectivity index (χ0) is 17.0. The Morgan fingerprint density at radius 1 is 1.09 bits per heavy atom. The number of anilines is 1. The van der Waals surface area contributed by atoms with Crippen molar-refractivity contribution in [3.63, 3.8) is 0 Å². The molecule has 0 aromatic heterocycles. The number of halogens is 1. The molecule has 23 heavy (non-hydrogen) atoms. The molecule has 0 amide bonds. The Morgan fingerprint density at radius 3 is 2.26 bits per heavy atom. The first-order valence-corrected chi connectivity index (χ1v) is 8.77. The van der Waals surface area contributed by atoms with Gasteiger partial charge < -0.3 is 9.64 Å². The molecule has 0 aliphatic carbocycles. The predicted octanol–water partition coefficient (Wildman–Crippen LogP) is 4.13. The summed E-state index contributed by atoms with van der Waals surface area (Å²) in [6.45, 7) is 13.5. The lowest BCUT2D eigenvalue weighted by molar-refractivity contribution is 0.243. The predicted molar refractivity (Wildman–Crippen MR) is 95.1 cm³/mol. The van der Waals surface area contributed by atoms with Gasteiger partial charge in [-0.15, -0.1) is 0 Å². The molecule has 0 saturated carbocycles. The van der Waals surface area contributed by atoms with Crippen LogP contribution in [0.15, 0.2) is 12.1 Å². The van der Waals surface area contributed by atoms with Crippen LogP contribution in [-0.4, -0.2) is 44.7 Å². The van der Waals surface area contributed by atoms with E-state index in [0.717, 1.165) is 44.2 Å². The maximum absolute atomic E-state index is 14.8. The lowest BCUT2D eigenvalue weighted by Gasteiger charge is -2.36. The number of methoxy groups -OCH3 is 1. The van der Waals surface area contributed by atoms with Crippen LogP contribution in [-0.2, 0) is 0 Å². The third kappa shape index (κ3) is 4.37. The Hall–Kier alpha value is -1.29. The van der Waals surface area contributed by atoms with Crippen LogP contribution >= 0.6 is 0 Å². The maximum atomic E-state index is 14.8. The summed E-state index contributed by atoms with van der Waals surface area (Å²) in [6.07, 6.45) is 1.23. The summed E-state index contributed by atoms with van der Waals surface area (Å²) in [5.74, 6) is 1.17. The summed E-state index contributed by atoms with van der Waals surface area (Å²) < 4.78 is 20.2. The summed E-state index contributed by atoms with van der Waals surface area (Å²) in [6, 6.07) is 3.92. The van der Waals surface area contributed by atoms with Gasteiger partial charge in [0.2, 0.25) is 0 Å². The smallest absolute Gasteiger partial charge is 0.188 e. The van der Waals surface area contributed by atoms with E-state index in [1.54, 1.807) is 7.11 Å². The summed E-state index contributed by atoms with van der Waals surface area (Å²) >= 11 is 0. The fraction of sp³-hybridized carbons (Fsp3) is 0.684. The molecule has 0 unspecified atom stereocenters. The molecule has 0 bridgehead atoms. The Kier molecular flexibility index (Phi) is 6.28. The molecular formula is C19H31FN2O. The van der Waals surface area contributed by atoms with Crippen molar-refractivity contribution in [1.82, 2.24) is 4.90 Å². The molecule has 1 fully saturated rings. The summed E-state index contributed by atoms with van der Waals surface area (Å²) in [7, 11) is 1.55. The number of piperazine rings is 1. The molecule has 1 saturated heterocycles. The molecule has 3 nitrogen and oxygen atoms in total. The van der Waals surface area contributed by atoms with Crippen LogP contribution in [0.1, 0.15) is 45.6 Å². The molecule has 1 aliphatic heterocycles. The highest BCUT2D eigenvalue weighted by Gasteiger charge is 2.23. The van der Waals surface area contributed by atoms with Gasteiger partial charge in [-0.2, -0.15) is 0 Å². The summed E-state index contributed by atoms with van der Waals surface area (Å²) in [5, 5.41) is 0. The van der Waals surface area contributed by atoms with Crippen molar-refractivity contribution in [3.8, 4) is 5.75 Å². The fourth-order valence-electron chi connectivity index (χ4n) is 3.12. The van der Waals surface area contributed by atoms with Crippen molar-refractivity contribution in [3.05, 3.63) is 23.5 Å². The van der Waals surface area contributed by atoms with E-state index in [1.165, 1.54) is 6.42 Å². The highest BCUT2D eigenvalue weighted by molar-refractivity contribution is 5.56. The number of ether oxygens (including phenoxy) is 1. The van der Waals surface area contributed by atoms with Crippen LogP contribution in [0.2, 0.25) is 0 Å². The minimum absolute atomic E-state index is 0.214. The zero-order valence-electron chi connectivity index (χ0n) is 15.2. The van der Waals surface area contributed by atoms with Gasteiger partial charge in [0, 0.05) is 26.2 Å². The number of benzene rings is 1. The SMILES string of the molecule is COc1c(C(C)C)ccc(N2CCN(CCC(C)C)CC2)c1F. The van der Waals surface area contributed by atoms with Gasteiger partial charge in [0.05, 0.1) is 12.8 Å². The average Bonchev–Trinajstić information content (AvgIpc) is 2.53. The first-order valence-electron chi connectivity index (χ1n) is 8.77. The largest absolute Gasteiger partial charge is 0.493 e. The van der Waals surface area contributed by atoms with Gasteiger partial charge >= 0.3 is 0 Å². The Bertz CT molecular complexity index is 508. The molecular weight excluding hydrogens is 291 g/mol. The van der Waals surface area contributed by atoms with Crippen molar-refractivity contribution in [2.24, 2.45) is 5.92 Å². The van der Waals surface area contributed by atoms with Crippen molar-refractivity contribution in [2.45, 2.75) is 40.0 Å². The first kappa shape index (κ1) is 18.1. The molecule has 0 N–H and O–H groups in total. The van der Waals surface area contributed by atoms with Gasteiger partial charge in [-0.3, -0.25) is 4.90 Å². The molecule has 0 radical (unpaired) electrons. The van der Waals surface area contributed by atoms with E-state index in [-0.39, 0.29) is 11.7 Å². The average molecular weight is 322 g/mol. The zero-order valence-corrected chi connectivity index (χ0v) is 15.2. The van der Waals surface area contributed by atoms with E-state index in [2.05, 4.69) is 37.5 Å². The quantitative estimate of drug-likeness (QED) is 0.783. The number of nitrogens with zero attached hydrogens (tertiary/aromatic N) is 2. The third-order valence-corrected chi connectivity index (χ3v) is 4.67. The highest BCUT2D eigenvalue weighted by Crippen LogP contribution is 2.35. The topological polar surface area (TPSA) is 15.7 Å². The van der Waals surface area contributed by atoms with E-state index < -0.39 is 0 Å². The second kappa shape index (κ2) is 8.00. The minimum Gasteiger partial charge on any atom is -0.493 e. The molecule has 1 aliphatic rings. The van der Waals surface area contributed by atoms with E-state index in [4.69, 9.17) is 4.74 Å². The molecule has 4 heteroatoms. The fourth-order valence-corrected chi connectivity index (χ4v) is 3.12. The van der Waals surface area contributed by atoms with E-state index in [1.807, 2.05) is 12.1 Å². The summed E-state index contributed by atoms with van der Waals surface area (Å²) in [4.78, 5) is 4.63. The van der Waals surface area contributed by atoms with Gasteiger partial charge in [0.25, 0.3) is 0 Å². The second-order valence-electron chi connectivity index (χ2n) is 7.19. The van der Waals surface area contributed by atoms with Crippen LogP contribution in [0, 0.1) is 11.7 Å². The number of hydrogen-bond donors (Lipinski definition) is 0. The van der Waals surface area contributed by atoms with Crippen LogP contribution < -0.4 is 9.64 Å². The highest BCUT2D eigenvalue weighted by atomic mass is 19.1. The maximum Gasteiger partial charge on any atom is 0.188 e. The van der Waals surface area contributed by atoms with Gasteiger partial charge in [0.15, 0.2) is 11.6 Å². The van der Waals surface area contributed by atoms with Crippen LogP contribution in [0.4, 0.5) is 10.1 Å². The molecule has 1 aromatic rings. The van der Waals surface area contributed by atoms with Gasteiger partial charge in [-0.1, -0.05) is 33.8 Å². The Labute approximate surface area is 140 Å². The Balaban J connectivity index is 2.06. The Morgan fingerprint density at radius 2 is 1.74 bits per heavy atom. The molecule has 130 valence electrons. The van der Waals surface area contributed by atoms with Crippen LogP contribution in [0.25, 0.3) is 0 Å². The molecule has 2 rings (SSSR count). The minimum atomic E-state index is -0.214. The van der Waals surface area contributed by atoms with Crippen molar-refractivity contribution in [1.29, 1.82) is 0 Å². The van der Waals surface area contributed by atoms with Gasteiger partial charge in [0.1, 0.15) is 0 Å². The van der Waals surface area contributed by atoms with E-state index >= 15 is 0 Å². The second-order valence-corrected chi connectivity index (χ2v) is 7.19. The standard InChI is InChI=1S/C19H31FN2O/c1-14(2)8-9-21-10-12-22(13-11-21)17-7-6-16(15(3)4)19(23-5)18(17)20/h6-7,14-15H,8-13H2,1-5H3. The lowest BCUT2D eigenvalue weighted by atomic mass is 10.0. The van der Waals surface area contributed by atoms with Crippen LogP contribution in [0.3, 0.4) is 0 Å². The third-order valence-electron chi connectivity index (χ3n) is 4.67. The normalized spacial score (nSPS) is 16.4. The molecule has 1 aromatic carbocycles. The molecule has 0 spiro atoms. The van der Waals surface area contributed by atoms with Crippen molar-refractivity contribution >= 4 is 5.69 Å². The van der Waals surface area contributed by atoms with Crippen molar-refractivity contribution in [2.75, 3.05) is 44.7 Å². The number of rotatable bonds is 6. The summed E-state index contributed by atoms with van der Waals surface area (Å²) in [5.41, 5.74) is 1.61. The van der Waals surface area contributed by atoms with Crippen molar-refractivity contribution < 1.29 is 9.13 Å². The van der Waals surface area contributed by atoms with Gasteiger partial charge in [-0.25, -0.2) is 4.39 Å². The lowest BCUT2D eigenvalue weighted by Crippen LogP contribution is -2.47. The molecule has 1 heterocycles. The van der Waals surface area contributed by atoms with E-state index in [0.29, 0.717) is 11.4 Å². The monoisotopic (exact) mass is 322 g/mol.